The zero-order chi connectivity index (χ0) is 13.5. The number of hydrogen-bond acceptors (Lipinski definition) is 7. The number of ether oxygens (including phenoxy) is 1. The molecule has 0 aromatic carbocycles. The van der Waals surface area contributed by atoms with Crippen molar-refractivity contribution in [3.63, 3.8) is 0 Å². The molecule has 1 heterocycles. The highest BCUT2D eigenvalue weighted by Gasteiger charge is 2.15. The Morgan fingerprint density at radius 2 is 2.17 bits per heavy atom. The van der Waals surface area contributed by atoms with Crippen LogP contribution in [0.4, 0.5) is 11.6 Å². The van der Waals surface area contributed by atoms with E-state index in [2.05, 4.69) is 9.97 Å². The van der Waals surface area contributed by atoms with Gasteiger partial charge in [-0.05, 0) is 0 Å². The SMILES string of the molecule is COCCN(CC(=O)O)c1ncc([N+](=O)[O-])cn1. The number of anilines is 1. The Morgan fingerprint density at radius 1 is 1.56 bits per heavy atom. The van der Waals surface area contributed by atoms with Crippen molar-refractivity contribution in [1.82, 2.24) is 9.97 Å². The van der Waals surface area contributed by atoms with Gasteiger partial charge < -0.3 is 14.7 Å². The van der Waals surface area contributed by atoms with E-state index in [4.69, 9.17) is 9.84 Å². The lowest BCUT2D eigenvalue weighted by Gasteiger charge is -2.19. The molecule has 0 aliphatic carbocycles. The number of nitro groups is 1. The van der Waals surface area contributed by atoms with Crippen molar-refractivity contribution in [2.75, 3.05) is 31.7 Å². The predicted octanol–water partition coefficient (Wildman–Crippen LogP) is -0.0778. The highest BCUT2D eigenvalue weighted by molar-refractivity contribution is 5.72. The molecule has 1 rings (SSSR count). The van der Waals surface area contributed by atoms with E-state index in [9.17, 15) is 14.9 Å². The first kappa shape index (κ1) is 13.8. The summed E-state index contributed by atoms with van der Waals surface area (Å²) in [6.45, 7) is 0.273. The smallest absolute Gasteiger partial charge is 0.323 e. The summed E-state index contributed by atoms with van der Waals surface area (Å²) in [5.74, 6) is -0.937. The zero-order valence-corrected chi connectivity index (χ0v) is 9.65. The molecule has 0 aliphatic rings. The van der Waals surface area contributed by atoms with Gasteiger partial charge in [-0.25, -0.2) is 9.97 Å². The van der Waals surface area contributed by atoms with Gasteiger partial charge in [-0.1, -0.05) is 0 Å². The van der Waals surface area contributed by atoms with Crippen molar-refractivity contribution < 1.29 is 19.6 Å². The average molecular weight is 256 g/mol. The Balaban J connectivity index is 2.83. The third-order valence-electron chi connectivity index (χ3n) is 2.01. The minimum absolute atomic E-state index is 0.111. The fraction of sp³-hybridized carbons (Fsp3) is 0.444. The van der Waals surface area contributed by atoms with Crippen molar-refractivity contribution in [1.29, 1.82) is 0 Å². The first-order valence-corrected chi connectivity index (χ1v) is 4.96. The molecule has 18 heavy (non-hydrogen) atoms. The van der Waals surface area contributed by atoms with Crippen LogP contribution in [-0.2, 0) is 9.53 Å². The molecular weight excluding hydrogens is 244 g/mol. The lowest BCUT2D eigenvalue weighted by atomic mass is 10.5. The van der Waals surface area contributed by atoms with Crippen LogP contribution in [0.25, 0.3) is 0 Å². The molecule has 1 aromatic heterocycles. The molecule has 9 heteroatoms. The van der Waals surface area contributed by atoms with Gasteiger partial charge in [0.05, 0.1) is 11.5 Å². The van der Waals surface area contributed by atoms with Crippen LogP contribution >= 0.6 is 0 Å². The fourth-order valence-corrected chi connectivity index (χ4v) is 1.19. The van der Waals surface area contributed by atoms with E-state index in [0.29, 0.717) is 6.61 Å². The van der Waals surface area contributed by atoms with Crippen LogP contribution in [-0.4, -0.2) is 52.8 Å². The van der Waals surface area contributed by atoms with E-state index >= 15 is 0 Å². The number of carbonyl (C=O) groups is 1. The summed E-state index contributed by atoms with van der Waals surface area (Å²) in [6.07, 6.45) is 2.06. The number of rotatable bonds is 7. The van der Waals surface area contributed by atoms with E-state index < -0.39 is 10.9 Å². The summed E-state index contributed by atoms with van der Waals surface area (Å²) in [6, 6.07) is 0. The summed E-state index contributed by atoms with van der Waals surface area (Å²) < 4.78 is 4.84. The summed E-state index contributed by atoms with van der Waals surface area (Å²) >= 11 is 0. The first-order chi connectivity index (χ1) is 8.54. The molecule has 0 aliphatic heterocycles. The molecule has 0 radical (unpaired) electrons. The standard InChI is InChI=1S/C9H12N4O5/c1-18-3-2-12(6-8(14)15)9-10-4-7(5-11-9)13(16)17/h4-5H,2-3,6H2,1H3,(H,14,15). The highest BCUT2D eigenvalue weighted by atomic mass is 16.6. The van der Waals surface area contributed by atoms with Crippen LogP contribution < -0.4 is 4.90 Å². The normalized spacial score (nSPS) is 10.1. The van der Waals surface area contributed by atoms with E-state index in [1.54, 1.807) is 0 Å². The number of hydrogen-bond donors (Lipinski definition) is 1. The first-order valence-electron chi connectivity index (χ1n) is 4.96. The van der Waals surface area contributed by atoms with Gasteiger partial charge in [0.25, 0.3) is 0 Å². The van der Waals surface area contributed by atoms with Crippen LogP contribution in [0.1, 0.15) is 0 Å². The Morgan fingerprint density at radius 3 is 2.61 bits per heavy atom. The van der Waals surface area contributed by atoms with Crippen LogP contribution in [0.2, 0.25) is 0 Å². The molecule has 0 saturated heterocycles. The Labute approximate surface area is 102 Å². The zero-order valence-electron chi connectivity index (χ0n) is 9.65. The molecule has 98 valence electrons. The molecule has 0 amide bonds. The third-order valence-corrected chi connectivity index (χ3v) is 2.01. The lowest BCUT2D eigenvalue weighted by molar-refractivity contribution is -0.385. The van der Waals surface area contributed by atoms with Gasteiger partial charge in [-0.3, -0.25) is 14.9 Å². The van der Waals surface area contributed by atoms with E-state index in [0.717, 1.165) is 12.4 Å². The summed E-state index contributed by atoms with van der Waals surface area (Å²) in [5.41, 5.74) is -0.249. The number of carboxylic acid groups (broad SMARTS) is 1. The minimum atomic E-state index is -1.05. The van der Waals surface area contributed by atoms with Crippen LogP contribution in [0.5, 0.6) is 0 Å². The summed E-state index contributed by atoms with van der Waals surface area (Å²) in [4.78, 5) is 29.4. The predicted molar refractivity (Wildman–Crippen MR) is 60.4 cm³/mol. The van der Waals surface area contributed by atoms with Gasteiger partial charge in [-0.15, -0.1) is 0 Å². The van der Waals surface area contributed by atoms with Gasteiger partial charge in [0.15, 0.2) is 0 Å². The monoisotopic (exact) mass is 256 g/mol. The second-order valence-corrected chi connectivity index (χ2v) is 3.31. The molecule has 1 N–H and O–H groups in total. The molecule has 0 bridgehead atoms. The molecule has 0 unspecified atom stereocenters. The van der Waals surface area contributed by atoms with Crippen molar-refractivity contribution in [2.24, 2.45) is 0 Å². The van der Waals surface area contributed by atoms with Gasteiger partial charge in [0.1, 0.15) is 18.9 Å². The van der Waals surface area contributed by atoms with Crippen molar-refractivity contribution in [3.8, 4) is 0 Å². The van der Waals surface area contributed by atoms with Crippen LogP contribution in [0.15, 0.2) is 12.4 Å². The average Bonchev–Trinajstić information content (AvgIpc) is 2.34. The molecule has 0 spiro atoms. The number of aliphatic carboxylic acids is 1. The molecule has 0 atom stereocenters. The Kier molecular flexibility index (Phi) is 4.93. The van der Waals surface area contributed by atoms with Gasteiger partial charge in [0.2, 0.25) is 5.95 Å². The van der Waals surface area contributed by atoms with E-state index in [1.807, 2.05) is 0 Å². The maximum atomic E-state index is 10.7. The van der Waals surface area contributed by atoms with Crippen LogP contribution in [0.3, 0.4) is 0 Å². The fourth-order valence-electron chi connectivity index (χ4n) is 1.19. The van der Waals surface area contributed by atoms with Crippen molar-refractivity contribution in [3.05, 3.63) is 22.5 Å². The number of nitrogens with zero attached hydrogens (tertiary/aromatic N) is 4. The minimum Gasteiger partial charge on any atom is -0.480 e. The van der Waals surface area contributed by atoms with E-state index in [1.165, 1.54) is 12.0 Å². The van der Waals surface area contributed by atoms with Crippen molar-refractivity contribution in [2.45, 2.75) is 0 Å². The number of aromatic nitrogens is 2. The quantitative estimate of drug-likeness (QED) is 0.531. The lowest BCUT2D eigenvalue weighted by Crippen LogP contribution is -2.34. The Hall–Kier alpha value is -2.29. The van der Waals surface area contributed by atoms with Gasteiger partial charge >= 0.3 is 11.7 Å². The van der Waals surface area contributed by atoms with Gasteiger partial charge in [-0.2, -0.15) is 0 Å². The molecular formula is C9H12N4O5. The largest absolute Gasteiger partial charge is 0.480 e. The maximum Gasteiger partial charge on any atom is 0.323 e. The third kappa shape index (κ3) is 3.94. The maximum absolute atomic E-state index is 10.7. The van der Waals surface area contributed by atoms with Crippen molar-refractivity contribution >= 4 is 17.6 Å². The topological polar surface area (TPSA) is 119 Å². The summed E-state index contributed by atoms with van der Waals surface area (Å²) in [5, 5.41) is 19.2. The number of methoxy groups -OCH3 is 1. The second-order valence-electron chi connectivity index (χ2n) is 3.31. The Bertz CT molecular complexity index is 421. The summed E-state index contributed by atoms with van der Waals surface area (Å²) in [7, 11) is 1.48. The molecule has 0 saturated carbocycles. The van der Waals surface area contributed by atoms with Crippen LogP contribution in [0, 0.1) is 10.1 Å². The molecule has 0 fully saturated rings. The second kappa shape index (κ2) is 6.45. The molecule has 1 aromatic rings. The van der Waals surface area contributed by atoms with Gasteiger partial charge in [0, 0.05) is 13.7 Å². The highest BCUT2D eigenvalue weighted by Crippen LogP contribution is 2.11. The number of carboxylic acids is 1. The molecule has 9 nitrogen and oxygen atoms in total. The van der Waals surface area contributed by atoms with E-state index in [-0.39, 0.29) is 24.7 Å².